The van der Waals surface area contributed by atoms with Gasteiger partial charge in [-0.1, -0.05) is 18.2 Å². The smallest absolute Gasteiger partial charge is 0.264 e. The van der Waals surface area contributed by atoms with E-state index in [-0.39, 0.29) is 15.8 Å². The Hall–Kier alpha value is -3.21. The SMILES string of the molecule is C[C@@H]1Cc2cc(C(=O)Nc3ccc(S(N)(=O)=O)cc3)ccc2N1S(=O)(=O)c1ccccc1. The number of rotatable bonds is 5. The Morgan fingerprint density at radius 3 is 2.22 bits per heavy atom. The highest BCUT2D eigenvalue weighted by Crippen LogP contribution is 2.37. The minimum absolute atomic E-state index is 0.0539. The lowest BCUT2D eigenvalue weighted by Crippen LogP contribution is -2.35. The van der Waals surface area contributed by atoms with Crippen molar-refractivity contribution in [1.82, 2.24) is 0 Å². The predicted octanol–water partition coefficient (Wildman–Crippen LogP) is 2.73. The Balaban J connectivity index is 1.58. The molecular formula is C22H21N3O5S2. The summed E-state index contributed by atoms with van der Waals surface area (Å²) in [7, 11) is -7.54. The molecule has 0 saturated heterocycles. The number of nitrogens with two attached hydrogens (primary N) is 1. The molecule has 0 spiro atoms. The zero-order valence-corrected chi connectivity index (χ0v) is 18.7. The van der Waals surface area contributed by atoms with Crippen molar-refractivity contribution >= 4 is 37.3 Å². The average molecular weight is 472 g/mol. The predicted molar refractivity (Wildman–Crippen MR) is 121 cm³/mol. The minimum Gasteiger partial charge on any atom is -0.322 e. The zero-order chi connectivity index (χ0) is 23.1. The Morgan fingerprint density at radius 1 is 0.938 bits per heavy atom. The van der Waals surface area contributed by atoms with Crippen LogP contribution in [0.25, 0.3) is 0 Å². The first-order valence-corrected chi connectivity index (χ1v) is 12.7. The number of nitrogens with zero attached hydrogens (tertiary/aromatic N) is 1. The maximum atomic E-state index is 13.2. The number of carbonyl (C=O) groups excluding carboxylic acids is 1. The molecule has 8 nitrogen and oxygen atoms in total. The van der Waals surface area contributed by atoms with E-state index in [4.69, 9.17) is 5.14 Å². The van der Waals surface area contributed by atoms with Gasteiger partial charge in [0.25, 0.3) is 15.9 Å². The average Bonchev–Trinajstić information content (AvgIpc) is 3.09. The number of anilines is 2. The number of benzene rings is 3. The van der Waals surface area contributed by atoms with Crippen LogP contribution in [0.3, 0.4) is 0 Å². The first kappa shape index (κ1) is 22.0. The molecule has 1 aliphatic rings. The molecule has 3 aromatic carbocycles. The van der Waals surface area contributed by atoms with Crippen molar-refractivity contribution in [3.05, 3.63) is 83.9 Å². The Kier molecular flexibility index (Phi) is 5.53. The van der Waals surface area contributed by atoms with Crippen molar-refractivity contribution in [1.29, 1.82) is 0 Å². The molecular weight excluding hydrogens is 450 g/mol. The third-order valence-electron chi connectivity index (χ3n) is 5.24. The van der Waals surface area contributed by atoms with Gasteiger partial charge in [-0.2, -0.15) is 0 Å². The molecule has 0 fully saturated rings. The highest BCUT2D eigenvalue weighted by Gasteiger charge is 2.36. The molecule has 166 valence electrons. The fraction of sp³-hybridized carbons (Fsp3) is 0.136. The van der Waals surface area contributed by atoms with Gasteiger partial charge in [0.15, 0.2) is 0 Å². The molecule has 10 heteroatoms. The van der Waals surface area contributed by atoms with E-state index in [1.165, 1.54) is 28.6 Å². The summed E-state index contributed by atoms with van der Waals surface area (Å²) >= 11 is 0. The van der Waals surface area contributed by atoms with Crippen LogP contribution in [0.2, 0.25) is 0 Å². The first-order chi connectivity index (χ1) is 15.1. The van der Waals surface area contributed by atoms with Gasteiger partial charge in [-0.3, -0.25) is 9.10 Å². The van der Waals surface area contributed by atoms with Gasteiger partial charge in [-0.25, -0.2) is 22.0 Å². The summed E-state index contributed by atoms with van der Waals surface area (Å²) in [6.07, 6.45) is 0.478. The van der Waals surface area contributed by atoms with Crippen LogP contribution in [-0.4, -0.2) is 28.8 Å². The molecule has 0 aliphatic carbocycles. The Morgan fingerprint density at radius 2 is 1.59 bits per heavy atom. The molecule has 0 aromatic heterocycles. The standard InChI is InChI=1S/C22H21N3O5S2/c1-15-13-17-14-16(22(26)24-18-8-10-19(11-9-18)31(23,27)28)7-12-21(17)25(15)32(29,30)20-5-3-2-4-6-20/h2-12,14-15H,13H2,1H3,(H,24,26)(H2,23,27,28)/t15-/m1/s1. The number of carbonyl (C=O) groups is 1. The molecule has 1 heterocycles. The topological polar surface area (TPSA) is 127 Å². The number of hydrogen-bond acceptors (Lipinski definition) is 5. The number of primary sulfonamides is 1. The van der Waals surface area contributed by atoms with Crippen LogP contribution in [0.4, 0.5) is 11.4 Å². The molecule has 32 heavy (non-hydrogen) atoms. The number of hydrogen-bond donors (Lipinski definition) is 2. The van der Waals surface area contributed by atoms with E-state index in [9.17, 15) is 21.6 Å². The van der Waals surface area contributed by atoms with Crippen LogP contribution in [0.1, 0.15) is 22.8 Å². The molecule has 4 rings (SSSR count). The van der Waals surface area contributed by atoms with Crippen molar-refractivity contribution in [2.75, 3.05) is 9.62 Å². The maximum absolute atomic E-state index is 13.2. The van der Waals surface area contributed by atoms with Crippen LogP contribution < -0.4 is 14.8 Å². The van der Waals surface area contributed by atoms with E-state index in [1.807, 2.05) is 6.92 Å². The first-order valence-electron chi connectivity index (χ1n) is 9.74. The molecule has 0 radical (unpaired) electrons. The van der Waals surface area contributed by atoms with Gasteiger partial charge in [-0.05, 0) is 73.5 Å². The molecule has 3 N–H and O–H groups in total. The van der Waals surface area contributed by atoms with E-state index >= 15 is 0 Å². The van der Waals surface area contributed by atoms with Crippen LogP contribution in [-0.2, 0) is 26.5 Å². The molecule has 1 atom stereocenters. The van der Waals surface area contributed by atoms with E-state index in [2.05, 4.69) is 5.32 Å². The van der Waals surface area contributed by atoms with Crippen molar-refractivity contribution < 1.29 is 21.6 Å². The largest absolute Gasteiger partial charge is 0.322 e. The maximum Gasteiger partial charge on any atom is 0.264 e. The summed E-state index contributed by atoms with van der Waals surface area (Å²) in [4.78, 5) is 12.8. The van der Waals surface area contributed by atoms with Crippen molar-refractivity contribution in [2.45, 2.75) is 29.2 Å². The van der Waals surface area contributed by atoms with Crippen molar-refractivity contribution in [3.63, 3.8) is 0 Å². The fourth-order valence-electron chi connectivity index (χ4n) is 3.75. The Labute approximate surface area is 186 Å². The molecule has 1 amide bonds. The second-order valence-corrected chi connectivity index (χ2v) is 10.9. The summed E-state index contributed by atoms with van der Waals surface area (Å²) in [5.74, 6) is -0.395. The molecule has 1 aliphatic heterocycles. The lowest BCUT2D eigenvalue weighted by atomic mass is 10.1. The summed E-state index contributed by atoms with van der Waals surface area (Å²) in [5.41, 5.74) is 2.08. The minimum atomic E-state index is -3.82. The van der Waals surface area contributed by atoms with Crippen LogP contribution in [0.15, 0.2) is 82.6 Å². The molecule has 0 unspecified atom stereocenters. The Bertz CT molecular complexity index is 1390. The third-order valence-corrected chi connectivity index (χ3v) is 8.11. The number of amides is 1. The second-order valence-electron chi connectivity index (χ2n) is 7.53. The van der Waals surface area contributed by atoms with Crippen LogP contribution in [0.5, 0.6) is 0 Å². The van der Waals surface area contributed by atoms with Gasteiger partial charge in [0.05, 0.1) is 15.5 Å². The number of nitrogens with one attached hydrogen (secondary N) is 1. The number of fused-ring (bicyclic) bond motifs is 1. The lowest BCUT2D eigenvalue weighted by Gasteiger charge is -2.24. The van der Waals surface area contributed by atoms with Crippen molar-refractivity contribution in [3.8, 4) is 0 Å². The van der Waals surface area contributed by atoms with E-state index < -0.39 is 26.0 Å². The van der Waals surface area contributed by atoms with E-state index in [0.717, 1.165) is 5.56 Å². The van der Waals surface area contributed by atoms with E-state index in [0.29, 0.717) is 23.4 Å². The van der Waals surface area contributed by atoms with Gasteiger partial charge in [0.1, 0.15) is 0 Å². The lowest BCUT2D eigenvalue weighted by molar-refractivity contribution is 0.102. The van der Waals surface area contributed by atoms with Gasteiger partial charge >= 0.3 is 0 Å². The highest BCUT2D eigenvalue weighted by molar-refractivity contribution is 7.93. The second kappa shape index (κ2) is 8.05. The molecule has 0 saturated carbocycles. The molecule has 0 bridgehead atoms. The third kappa shape index (κ3) is 4.12. The fourth-order valence-corrected chi connectivity index (χ4v) is 5.98. The number of sulfonamides is 2. The monoisotopic (exact) mass is 471 g/mol. The summed E-state index contributed by atoms with van der Waals surface area (Å²) < 4.78 is 50.4. The van der Waals surface area contributed by atoms with Gasteiger partial charge < -0.3 is 5.32 Å². The van der Waals surface area contributed by atoms with Crippen LogP contribution >= 0.6 is 0 Å². The quantitative estimate of drug-likeness (QED) is 0.592. The van der Waals surface area contributed by atoms with Gasteiger partial charge in [0.2, 0.25) is 10.0 Å². The van der Waals surface area contributed by atoms with Gasteiger partial charge in [0, 0.05) is 17.3 Å². The van der Waals surface area contributed by atoms with E-state index in [1.54, 1.807) is 48.5 Å². The molecule has 3 aromatic rings. The zero-order valence-electron chi connectivity index (χ0n) is 17.1. The summed E-state index contributed by atoms with van der Waals surface area (Å²) in [6, 6.07) is 18.3. The highest BCUT2D eigenvalue weighted by atomic mass is 32.2. The van der Waals surface area contributed by atoms with Crippen molar-refractivity contribution in [2.24, 2.45) is 5.14 Å². The van der Waals surface area contributed by atoms with Crippen LogP contribution in [0, 0.1) is 0 Å². The summed E-state index contributed by atoms with van der Waals surface area (Å²) in [5, 5.41) is 7.78. The summed E-state index contributed by atoms with van der Waals surface area (Å²) in [6.45, 7) is 1.83. The van der Waals surface area contributed by atoms with Gasteiger partial charge in [-0.15, -0.1) is 0 Å². The normalized spacial score (nSPS) is 15.9.